The summed E-state index contributed by atoms with van der Waals surface area (Å²) in [5.41, 5.74) is 14.0. The van der Waals surface area contributed by atoms with Crippen LogP contribution >= 0.6 is 0 Å². The first-order valence-corrected chi connectivity index (χ1v) is 5.67. The van der Waals surface area contributed by atoms with Gasteiger partial charge in [0.25, 0.3) is 5.91 Å². The molecule has 19 heavy (non-hydrogen) atoms. The molecule has 0 radical (unpaired) electrons. The number of nitrogens with two attached hydrogens (primary N) is 2. The van der Waals surface area contributed by atoms with Crippen molar-refractivity contribution in [3.63, 3.8) is 0 Å². The minimum Gasteiger partial charge on any atom is -0.399 e. The number of rotatable bonds is 2. The Morgan fingerprint density at radius 1 is 1.16 bits per heavy atom. The van der Waals surface area contributed by atoms with E-state index in [1.807, 2.05) is 24.3 Å². The van der Waals surface area contributed by atoms with Crippen molar-refractivity contribution in [3.05, 3.63) is 48.0 Å². The molecule has 0 bridgehead atoms. The Balaban J connectivity index is 2.30. The molecule has 0 saturated heterocycles. The summed E-state index contributed by atoms with van der Waals surface area (Å²) in [5, 5.41) is 8.10. The van der Waals surface area contributed by atoms with Crippen LogP contribution in [0.4, 0.5) is 5.69 Å². The summed E-state index contributed by atoms with van der Waals surface area (Å²) in [5.74, 6) is -0.554. The normalized spacial score (nSPS) is 10.7. The van der Waals surface area contributed by atoms with E-state index in [9.17, 15) is 4.79 Å². The number of aromatic nitrogens is 3. The molecule has 0 aliphatic rings. The van der Waals surface area contributed by atoms with Crippen LogP contribution in [-0.2, 0) is 0 Å². The number of benzene rings is 2. The van der Waals surface area contributed by atoms with Crippen molar-refractivity contribution in [2.45, 2.75) is 0 Å². The Hall–Kier alpha value is -2.89. The van der Waals surface area contributed by atoms with Crippen LogP contribution in [-0.4, -0.2) is 20.9 Å². The van der Waals surface area contributed by atoms with Gasteiger partial charge in [-0.3, -0.25) is 4.79 Å². The van der Waals surface area contributed by atoms with E-state index in [0.717, 1.165) is 11.0 Å². The van der Waals surface area contributed by atoms with Crippen molar-refractivity contribution in [3.8, 4) is 5.69 Å². The van der Waals surface area contributed by atoms with Crippen molar-refractivity contribution in [1.82, 2.24) is 15.0 Å². The third-order valence-electron chi connectivity index (χ3n) is 2.87. The molecule has 94 valence electrons. The number of nitrogen functional groups attached to an aromatic ring is 1. The van der Waals surface area contributed by atoms with Gasteiger partial charge in [0.05, 0.1) is 16.8 Å². The maximum Gasteiger partial charge on any atom is 0.250 e. The molecule has 0 unspecified atom stereocenters. The Morgan fingerprint density at radius 2 is 1.95 bits per heavy atom. The lowest BCUT2D eigenvalue weighted by Crippen LogP contribution is -2.15. The molecule has 3 aromatic rings. The summed E-state index contributed by atoms with van der Waals surface area (Å²) in [4.78, 5) is 11.5. The molecule has 3 rings (SSSR count). The summed E-state index contributed by atoms with van der Waals surface area (Å²) in [6.07, 6.45) is 0. The smallest absolute Gasteiger partial charge is 0.250 e. The van der Waals surface area contributed by atoms with E-state index in [1.165, 1.54) is 6.07 Å². The number of carbonyl (C=O) groups excluding carboxylic acids is 1. The van der Waals surface area contributed by atoms with Crippen LogP contribution in [0, 0.1) is 0 Å². The fourth-order valence-corrected chi connectivity index (χ4v) is 1.98. The number of anilines is 1. The van der Waals surface area contributed by atoms with Crippen LogP contribution in [0.5, 0.6) is 0 Å². The third-order valence-corrected chi connectivity index (χ3v) is 2.87. The maximum absolute atomic E-state index is 11.5. The van der Waals surface area contributed by atoms with Crippen molar-refractivity contribution in [1.29, 1.82) is 0 Å². The molecule has 2 aromatic carbocycles. The van der Waals surface area contributed by atoms with Gasteiger partial charge in [-0.05, 0) is 30.3 Å². The summed E-state index contributed by atoms with van der Waals surface area (Å²) in [7, 11) is 0. The highest BCUT2D eigenvalue weighted by Crippen LogP contribution is 2.21. The van der Waals surface area contributed by atoms with Crippen LogP contribution in [0.15, 0.2) is 42.5 Å². The van der Waals surface area contributed by atoms with Gasteiger partial charge in [-0.1, -0.05) is 17.3 Å². The van der Waals surface area contributed by atoms with Crippen molar-refractivity contribution >= 4 is 22.6 Å². The second-order valence-electron chi connectivity index (χ2n) is 4.13. The maximum atomic E-state index is 11.5. The topological polar surface area (TPSA) is 99.8 Å². The minimum atomic E-state index is -0.554. The summed E-state index contributed by atoms with van der Waals surface area (Å²) < 4.78 is 1.58. The van der Waals surface area contributed by atoms with Crippen LogP contribution in [0.1, 0.15) is 10.4 Å². The largest absolute Gasteiger partial charge is 0.399 e. The minimum absolute atomic E-state index is 0.315. The molecule has 0 atom stereocenters. The molecule has 1 heterocycles. The van der Waals surface area contributed by atoms with Crippen molar-refractivity contribution < 1.29 is 4.79 Å². The number of hydrogen-bond donors (Lipinski definition) is 2. The zero-order chi connectivity index (χ0) is 13.4. The van der Waals surface area contributed by atoms with E-state index >= 15 is 0 Å². The first-order valence-electron chi connectivity index (χ1n) is 5.67. The average molecular weight is 253 g/mol. The summed E-state index contributed by atoms with van der Waals surface area (Å²) in [6, 6.07) is 12.4. The van der Waals surface area contributed by atoms with E-state index in [1.54, 1.807) is 16.8 Å². The molecule has 1 aromatic heterocycles. The van der Waals surface area contributed by atoms with Gasteiger partial charge in [-0.25, -0.2) is 4.68 Å². The molecule has 0 fully saturated rings. The number of para-hydroxylation sites is 1. The molecule has 0 saturated carbocycles. The molecule has 6 nitrogen and oxygen atoms in total. The summed E-state index contributed by atoms with van der Waals surface area (Å²) >= 11 is 0. The number of carbonyl (C=O) groups is 1. The molecular formula is C13H11N5O. The van der Waals surface area contributed by atoms with Crippen LogP contribution < -0.4 is 11.5 Å². The Morgan fingerprint density at radius 3 is 2.74 bits per heavy atom. The molecule has 6 heteroatoms. The Labute approximate surface area is 108 Å². The van der Waals surface area contributed by atoms with Gasteiger partial charge in [0.1, 0.15) is 5.52 Å². The lowest BCUT2D eigenvalue weighted by molar-refractivity contribution is 0.1000. The van der Waals surface area contributed by atoms with E-state index in [0.29, 0.717) is 16.9 Å². The molecule has 0 aliphatic heterocycles. The van der Waals surface area contributed by atoms with E-state index < -0.39 is 5.91 Å². The van der Waals surface area contributed by atoms with Gasteiger partial charge in [0, 0.05) is 5.69 Å². The Bertz CT molecular complexity index is 778. The van der Waals surface area contributed by atoms with Gasteiger partial charge in [-0.2, -0.15) is 0 Å². The standard InChI is InChI=1S/C13H11N5O/c14-8-5-6-11(9(7-8)13(15)19)18-12-4-2-1-3-10(12)16-17-18/h1-7H,14H2,(H2,15,19). The number of nitrogens with zero attached hydrogens (tertiary/aromatic N) is 3. The number of primary amides is 1. The number of amides is 1. The van der Waals surface area contributed by atoms with Crippen LogP contribution in [0.2, 0.25) is 0 Å². The molecule has 4 N–H and O–H groups in total. The van der Waals surface area contributed by atoms with Gasteiger partial charge >= 0.3 is 0 Å². The van der Waals surface area contributed by atoms with Crippen molar-refractivity contribution in [2.75, 3.05) is 5.73 Å². The van der Waals surface area contributed by atoms with Gasteiger partial charge in [-0.15, -0.1) is 5.10 Å². The third kappa shape index (κ3) is 1.79. The predicted molar refractivity (Wildman–Crippen MR) is 71.8 cm³/mol. The second-order valence-corrected chi connectivity index (χ2v) is 4.13. The zero-order valence-corrected chi connectivity index (χ0v) is 9.95. The Kier molecular flexibility index (Phi) is 2.42. The van der Waals surface area contributed by atoms with Crippen LogP contribution in [0.3, 0.4) is 0 Å². The van der Waals surface area contributed by atoms with E-state index in [2.05, 4.69) is 10.3 Å². The quantitative estimate of drug-likeness (QED) is 0.668. The summed E-state index contributed by atoms with van der Waals surface area (Å²) in [6.45, 7) is 0. The number of fused-ring (bicyclic) bond motifs is 1. The highest BCUT2D eigenvalue weighted by atomic mass is 16.1. The van der Waals surface area contributed by atoms with Gasteiger partial charge < -0.3 is 11.5 Å². The van der Waals surface area contributed by atoms with E-state index in [4.69, 9.17) is 11.5 Å². The molecule has 1 amide bonds. The number of hydrogen-bond acceptors (Lipinski definition) is 4. The molecule has 0 aliphatic carbocycles. The average Bonchev–Trinajstić information content (AvgIpc) is 2.82. The fraction of sp³-hybridized carbons (Fsp3) is 0. The first kappa shape index (κ1) is 11.2. The highest BCUT2D eigenvalue weighted by Gasteiger charge is 2.13. The predicted octanol–water partition coefficient (Wildman–Crippen LogP) is 1.10. The van der Waals surface area contributed by atoms with Gasteiger partial charge in [0.2, 0.25) is 0 Å². The van der Waals surface area contributed by atoms with Crippen LogP contribution in [0.25, 0.3) is 16.7 Å². The molecule has 0 spiro atoms. The highest BCUT2D eigenvalue weighted by molar-refractivity contribution is 5.98. The molecular weight excluding hydrogens is 242 g/mol. The SMILES string of the molecule is NC(=O)c1cc(N)ccc1-n1nnc2ccccc21. The lowest BCUT2D eigenvalue weighted by Gasteiger charge is -2.08. The lowest BCUT2D eigenvalue weighted by atomic mass is 10.1. The van der Waals surface area contributed by atoms with E-state index in [-0.39, 0.29) is 0 Å². The fourth-order valence-electron chi connectivity index (χ4n) is 1.98. The van der Waals surface area contributed by atoms with Gasteiger partial charge in [0.15, 0.2) is 0 Å². The monoisotopic (exact) mass is 253 g/mol. The van der Waals surface area contributed by atoms with Crippen molar-refractivity contribution in [2.24, 2.45) is 5.73 Å². The first-order chi connectivity index (χ1) is 9.16. The zero-order valence-electron chi connectivity index (χ0n) is 9.95. The second kappa shape index (κ2) is 4.09.